The number of anilines is 1. The maximum absolute atomic E-state index is 4.68. The highest BCUT2D eigenvalue weighted by molar-refractivity contribution is 9.10. The van der Waals surface area contributed by atoms with Crippen LogP contribution in [0.3, 0.4) is 0 Å². The van der Waals surface area contributed by atoms with Crippen molar-refractivity contribution < 1.29 is 0 Å². The van der Waals surface area contributed by atoms with Crippen molar-refractivity contribution in [2.24, 2.45) is 0 Å². The summed E-state index contributed by atoms with van der Waals surface area (Å²) in [6.07, 6.45) is 0. The molecule has 1 aromatic heterocycles. The minimum absolute atomic E-state index is 0.191. The normalized spacial score (nSPS) is 12.5. The maximum Gasteiger partial charge on any atom is 0.116 e. The fraction of sp³-hybridized carbons (Fsp3) is 0.133. The summed E-state index contributed by atoms with van der Waals surface area (Å²) < 4.78 is 2.31. The third-order valence-electron chi connectivity index (χ3n) is 2.93. The predicted molar refractivity (Wildman–Crippen MR) is 85.8 cm³/mol. The molecule has 1 unspecified atom stereocenters. The lowest BCUT2D eigenvalue weighted by Gasteiger charge is -2.13. The Labute approximate surface area is 124 Å². The smallest absolute Gasteiger partial charge is 0.116 e. The van der Waals surface area contributed by atoms with E-state index in [-0.39, 0.29) is 6.04 Å². The molecule has 0 radical (unpaired) electrons. The molecule has 2 aromatic carbocycles. The van der Waals surface area contributed by atoms with Crippen LogP contribution in [0, 0.1) is 0 Å². The van der Waals surface area contributed by atoms with Gasteiger partial charge in [-0.25, -0.2) is 4.98 Å². The minimum atomic E-state index is 0.191. The van der Waals surface area contributed by atoms with E-state index in [4.69, 9.17) is 0 Å². The van der Waals surface area contributed by atoms with Crippen LogP contribution in [0.15, 0.2) is 53.0 Å². The fourth-order valence-electron chi connectivity index (χ4n) is 1.95. The summed E-state index contributed by atoms with van der Waals surface area (Å²) in [5.74, 6) is 0. The zero-order valence-corrected chi connectivity index (χ0v) is 12.8. The van der Waals surface area contributed by atoms with Gasteiger partial charge in [0.15, 0.2) is 0 Å². The number of nitrogens with one attached hydrogen (secondary N) is 1. The lowest BCUT2D eigenvalue weighted by atomic mass is 10.2. The summed E-state index contributed by atoms with van der Waals surface area (Å²) in [6.45, 7) is 2.14. The van der Waals surface area contributed by atoms with Crippen molar-refractivity contribution in [3.8, 4) is 0 Å². The standard InChI is InChI=1S/C15H13BrN2S/c1-10(17-12-7-3-2-6-11(12)16)15-18-13-8-4-5-9-14(13)19-15/h2-10,17H,1H3. The van der Waals surface area contributed by atoms with E-state index in [9.17, 15) is 0 Å². The van der Waals surface area contributed by atoms with Crippen LogP contribution in [0.2, 0.25) is 0 Å². The Morgan fingerprint density at radius 1 is 1.11 bits per heavy atom. The Hall–Kier alpha value is -1.39. The lowest BCUT2D eigenvalue weighted by Crippen LogP contribution is -2.06. The SMILES string of the molecule is CC(Nc1ccccc1Br)c1nc2ccccc2s1. The van der Waals surface area contributed by atoms with Gasteiger partial charge in [0.05, 0.1) is 16.3 Å². The number of halogens is 1. The number of nitrogens with zero attached hydrogens (tertiary/aromatic N) is 1. The van der Waals surface area contributed by atoms with Crippen molar-refractivity contribution >= 4 is 43.2 Å². The highest BCUT2D eigenvalue weighted by Crippen LogP contribution is 2.30. The lowest BCUT2D eigenvalue weighted by molar-refractivity contribution is 0.873. The second-order valence-electron chi connectivity index (χ2n) is 4.37. The second kappa shape index (κ2) is 5.31. The van der Waals surface area contributed by atoms with Gasteiger partial charge in [0.25, 0.3) is 0 Å². The first-order chi connectivity index (χ1) is 9.24. The van der Waals surface area contributed by atoms with Gasteiger partial charge in [-0.15, -0.1) is 11.3 Å². The molecule has 19 heavy (non-hydrogen) atoms. The molecule has 0 fully saturated rings. The van der Waals surface area contributed by atoms with Crippen LogP contribution in [0.1, 0.15) is 18.0 Å². The average molecular weight is 333 g/mol. The molecule has 3 aromatic rings. The Morgan fingerprint density at radius 3 is 2.63 bits per heavy atom. The Balaban J connectivity index is 1.87. The molecule has 0 bridgehead atoms. The van der Waals surface area contributed by atoms with Crippen molar-refractivity contribution in [1.82, 2.24) is 4.98 Å². The first kappa shape index (κ1) is 12.6. The molecule has 0 aliphatic heterocycles. The van der Waals surface area contributed by atoms with Crippen LogP contribution in [-0.4, -0.2) is 4.98 Å². The molecular formula is C15H13BrN2S. The third kappa shape index (κ3) is 2.65. The molecule has 0 saturated carbocycles. The van der Waals surface area contributed by atoms with Crippen molar-refractivity contribution in [2.45, 2.75) is 13.0 Å². The second-order valence-corrected chi connectivity index (χ2v) is 6.28. The number of rotatable bonds is 3. The summed E-state index contributed by atoms with van der Waals surface area (Å²) in [4.78, 5) is 4.68. The molecule has 1 heterocycles. The zero-order valence-electron chi connectivity index (χ0n) is 10.4. The zero-order chi connectivity index (χ0) is 13.2. The van der Waals surface area contributed by atoms with Gasteiger partial charge in [0.2, 0.25) is 0 Å². The van der Waals surface area contributed by atoms with E-state index in [1.54, 1.807) is 11.3 Å². The van der Waals surface area contributed by atoms with Crippen molar-refractivity contribution in [2.75, 3.05) is 5.32 Å². The molecule has 3 rings (SSSR count). The highest BCUT2D eigenvalue weighted by Gasteiger charge is 2.12. The van der Waals surface area contributed by atoms with Crippen LogP contribution in [0.4, 0.5) is 5.69 Å². The number of fused-ring (bicyclic) bond motifs is 1. The molecule has 0 aliphatic carbocycles. The summed E-state index contributed by atoms with van der Waals surface area (Å²) in [7, 11) is 0. The van der Waals surface area contributed by atoms with Crippen molar-refractivity contribution in [3.05, 3.63) is 58.0 Å². The number of benzene rings is 2. The van der Waals surface area contributed by atoms with Crippen LogP contribution < -0.4 is 5.32 Å². The van der Waals surface area contributed by atoms with Crippen LogP contribution in [0.5, 0.6) is 0 Å². The average Bonchev–Trinajstić information content (AvgIpc) is 2.85. The summed E-state index contributed by atoms with van der Waals surface area (Å²) in [5.41, 5.74) is 2.16. The Morgan fingerprint density at radius 2 is 1.84 bits per heavy atom. The van der Waals surface area contributed by atoms with E-state index in [1.165, 1.54) is 4.70 Å². The van der Waals surface area contributed by atoms with Gasteiger partial charge in [0, 0.05) is 10.2 Å². The molecule has 0 spiro atoms. The maximum atomic E-state index is 4.68. The largest absolute Gasteiger partial charge is 0.375 e. The van der Waals surface area contributed by atoms with E-state index >= 15 is 0 Å². The summed E-state index contributed by atoms with van der Waals surface area (Å²) >= 11 is 5.29. The molecule has 0 amide bonds. The number of hydrogen-bond acceptors (Lipinski definition) is 3. The molecule has 4 heteroatoms. The van der Waals surface area contributed by atoms with E-state index in [1.807, 2.05) is 24.3 Å². The Bertz CT molecular complexity index is 675. The number of hydrogen-bond donors (Lipinski definition) is 1. The van der Waals surface area contributed by atoms with Gasteiger partial charge in [0.1, 0.15) is 5.01 Å². The molecular weight excluding hydrogens is 320 g/mol. The monoisotopic (exact) mass is 332 g/mol. The number of thiazole rings is 1. The van der Waals surface area contributed by atoms with Gasteiger partial charge in [-0.05, 0) is 47.1 Å². The summed E-state index contributed by atoms with van der Waals surface area (Å²) in [6, 6.07) is 16.6. The minimum Gasteiger partial charge on any atom is -0.375 e. The predicted octanol–water partition coefficient (Wildman–Crippen LogP) is 5.23. The van der Waals surface area contributed by atoms with Gasteiger partial charge >= 0.3 is 0 Å². The van der Waals surface area contributed by atoms with E-state index in [0.29, 0.717) is 0 Å². The van der Waals surface area contributed by atoms with E-state index < -0.39 is 0 Å². The highest BCUT2D eigenvalue weighted by atomic mass is 79.9. The third-order valence-corrected chi connectivity index (χ3v) is 4.84. The quantitative estimate of drug-likeness (QED) is 0.710. The number of aromatic nitrogens is 1. The topological polar surface area (TPSA) is 24.9 Å². The van der Waals surface area contributed by atoms with Gasteiger partial charge in [-0.3, -0.25) is 0 Å². The molecule has 0 aliphatic rings. The molecule has 0 saturated heterocycles. The van der Waals surface area contributed by atoms with Gasteiger partial charge in [-0.2, -0.15) is 0 Å². The van der Waals surface area contributed by atoms with Crippen LogP contribution >= 0.6 is 27.3 Å². The van der Waals surface area contributed by atoms with Gasteiger partial charge < -0.3 is 5.32 Å². The van der Waals surface area contributed by atoms with E-state index in [2.05, 4.69) is 57.4 Å². The fourth-order valence-corrected chi connectivity index (χ4v) is 3.32. The molecule has 2 nitrogen and oxygen atoms in total. The first-order valence-corrected chi connectivity index (χ1v) is 7.71. The molecule has 1 atom stereocenters. The summed E-state index contributed by atoms with van der Waals surface area (Å²) in [5, 5.41) is 4.60. The van der Waals surface area contributed by atoms with Crippen molar-refractivity contribution in [1.29, 1.82) is 0 Å². The van der Waals surface area contributed by atoms with Crippen molar-refractivity contribution in [3.63, 3.8) is 0 Å². The van der Waals surface area contributed by atoms with E-state index in [0.717, 1.165) is 20.7 Å². The Kier molecular flexibility index (Phi) is 3.53. The molecule has 1 N–H and O–H groups in total. The molecule has 96 valence electrons. The number of para-hydroxylation sites is 2. The van der Waals surface area contributed by atoms with Crippen LogP contribution in [-0.2, 0) is 0 Å². The first-order valence-electron chi connectivity index (χ1n) is 6.10. The van der Waals surface area contributed by atoms with Gasteiger partial charge in [-0.1, -0.05) is 24.3 Å². The van der Waals surface area contributed by atoms with Crippen LogP contribution in [0.25, 0.3) is 10.2 Å².